The number of hydrogen-bond donors (Lipinski definition) is 1. The van der Waals surface area contributed by atoms with Gasteiger partial charge in [0.25, 0.3) is 5.91 Å². The summed E-state index contributed by atoms with van der Waals surface area (Å²) in [6.07, 6.45) is 3.60. The maximum absolute atomic E-state index is 12.2. The lowest BCUT2D eigenvalue weighted by Gasteiger charge is -2.31. The van der Waals surface area contributed by atoms with Gasteiger partial charge in [-0.3, -0.25) is 4.79 Å². The first kappa shape index (κ1) is 12.8. The van der Waals surface area contributed by atoms with E-state index in [0.29, 0.717) is 17.5 Å². The zero-order valence-electron chi connectivity index (χ0n) is 10.6. The van der Waals surface area contributed by atoms with Gasteiger partial charge in [0.1, 0.15) is 5.69 Å². The number of carbonyl (C=O) groups is 1. The number of nitrogens with zero attached hydrogens (tertiary/aromatic N) is 2. The van der Waals surface area contributed by atoms with Gasteiger partial charge in [-0.05, 0) is 31.9 Å². The van der Waals surface area contributed by atoms with Crippen LogP contribution in [0.15, 0.2) is 18.3 Å². The minimum Gasteiger partial charge on any atom is -0.397 e. The van der Waals surface area contributed by atoms with Crippen LogP contribution in [-0.2, 0) is 4.74 Å². The van der Waals surface area contributed by atoms with E-state index in [9.17, 15) is 4.79 Å². The van der Waals surface area contributed by atoms with Crippen LogP contribution < -0.4 is 5.73 Å². The van der Waals surface area contributed by atoms with Gasteiger partial charge in [-0.25, -0.2) is 4.98 Å². The number of rotatable bonds is 3. The van der Waals surface area contributed by atoms with Gasteiger partial charge < -0.3 is 15.4 Å². The minimum absolute atomic E-state index is 0.0232. The fourth-order valence-corrected chi connectivity index (χ4v) is 2.16. The summed E-state index contributed by atoms with van der Waals surface area (Å²) in [5.41, 5.74) is 6.58. The van der Waals surface area contributed by atoms with Crippen LogP contribution >= 0.6 is 0 Å². The third-order valence-corrected chi connectivity index (χ3v) is 3.14. The molecule has 0 bridgehead atoms. The van der Waals surface area contributed by atoms with Gasteiger partial charge in [-0.1, -0.05) is 0 Å². The molecule has 0 spiro atoms. The van der Waals surface area contributed by atoms with E-state index in [1.165, 1.54) is 6.20 Å². The summed E-state index contributed by atoms with van der Waals surface area (Å²) < 4.78 is 5.56. The Hall–Kier alpha value is -1.62. The molecule has 1 amide bonds. The first-order chi connectivity index (χ1) is 8.70. The van der Waals surface area contributed by atoms with Crippen LogP contribution in [0.1, 0.15) is 30.3 Å². The maximum Gasteiger partial charge on any atom is 0.272 e. The highest BCUT2D eigenvalue weighted by Gasteiger charge is 2.24. The number of nitrogen functional groups attached to an aromatic ring is 1. The smallest absolute Gasteiger partial charge is 0.272 e. The van der Waals surface area contributed by atoms with Crippen molar-refractivity contribution in [1.29, 1.82) is 0 Å². The Morgan fingerprint density at radius 1 is 1.50 bits per heavy atom. The summed E-state index contributed by atoms with van der Waals surface area (Å²) in [6, 6.07) is 3.37. The number of anilines is 1. The Labute approximate surface area is 107 Å². The van der Waals surface area contributed by atoms with E-state index < -0.39 is 0 Å². The van der Waals surface area contributed by atoms with E-state index in [0.717, 1.165) is 32.5 Å². The second-order valence-corrected chi connectivity index (χ2v) is 4.42. The Kier molecular flexibility index (Phi) is 4.15. The van der Waals surface area contributed by atoms with E-state index in [-0.39, 0.29) is 5.91 Å². The fraction of sp³-hybridized carbons (Fsp3) is 0.538. The van der Waals surface area contributed by atoms with Crippen molar-refractivity contribution in [3.05, 3.63) is 24.0 Å². The molecule has 98 valence electrons. The standard InChI is InChI=1S/C13H19N3O2/c1-2-18-11-5-7-16(8-6-11)13(17)12-4-3-10(14)9-15-12/h3-4,9,11H,2,5-8,14H2,1H3. The molecule has 1 aromatic heterocycles. The van der Waals surface area contributed by atoms with E-state index in [1.807, 2.05) is 11.8 Å². The van der Waals surface area contributed by atoms with E-state index in [4.69, 9.17) is 10.5 Å². The van der Waals surface area contributed by atoms with Crippen molar-refractivity contribution in [2.45, 2.75) is 25.9 Å². The number of carbonyl (C=O) groups excluding carboxylic acids is 1. The van der Waals surface area contributed by atoms with Crippen molar-refractivity contribution in [3.8, 4) is 0 Å². The molecule has 1 saturated heterocycles. The van der Waals surface area contributed by atoms with E-state index in [2.05, 4.69) is 4.98 Å². The van der Waals surface area contributed by atoms with Crippen LogP contribution in [0.2, 0.25) is 0 Å². The molecule has 1 aromatic rings. The lowest BCUT2D eigenvalue weighted by molar-refractivity contribution is 0.0144. The van der Waals surface area contributed by atoms with Gasteiger partial charge in [-0.15, -0.1) is 0 Å². The Bertz CT molecular complexity index is 397. The van der Waals surface area contributed by atoms with Crippen molar-refractivity contribution in [2.24, 2.45) is 0 Å². The third-order valence-electron chi connectivity index (χ3n) is 3.14. The lowest BCUT2D eigenvalue weighted by atomic mass is 10.1. The van der Waals surface area contributed by atoms with Gasteiger partial charge in [0.15, 0.2) is 0 Å². The average Bonchev–Trinajstić information content (AvgIpc) is 2.40. The number of likely N-dealkylation sites (tertiary alicyclic amines) is 1. The van der Waals surface area contributed by atoms with Crippen LogP contribution in [0.5, 0.6) is 0 Å². The fourth-order valence-electron chi connectivity index (χ4n) is 2.16. The zero-order valence-corrected chi connectivity index (χ0v) is 10.6. The molecular formula is C13H19N3O2. The zero-order chi connectivity index (χ0) is 13.0. The van der Waals surface area contributed by atoms with Crippen molar-refractivity contribution in [3.63, 3.8) is 0 Å². The molecular weight excluding hydrogens is 230 g/mol. The van der Waals surface area contributed by atoms with Crippen LogP contribution in [0, 0.1) is 0 Å². The number of pyridine rings is 1. The molecule has 5 heteroatoms. The SMILES string of the molecule is CCOC1CCN(C(=O)c2ccc(N)cn2)CC1. The molecule has 1 aliphatic heterocycles. The Morgan fingerprint density at radius 3 is 2.78 bits per heavy atom. The molecule has 2 heterocycles. The largest absolute Gasteiger partial charge is 0.397 e. The first-order valence-corrected chi connectivity index (χ1v) is 6.33. The monoisotopic (exact) mass is 249 g/mol. The molecule has 5 nitrogen and oxygen atoms in total. The molecule has 0 unspecified atom stereocenters. The number of hydrogen-bond acceptors (Lipinski definition) is 4. The number of piperidine rings is 1. The predicted octanol–water partition coefficient (Wildman–Crippen LogP) is 1.30. The lowest BCUT2D eigenvalue weighted by Crippen LogP contribution is -2.41. The summed E-state index contributed by atoms with van der Waals surface area (Å²) in [6.45, 7) is 4.19. The number of aromatic nitrogens is 1. The molecule has 0 aliphatic carbocycles. The first-order valence-electron chi connectivity index (χ1n) is 6.33. The summed E-state index contributed by atoms with van der Waals surface area (Å²) >= 11 is 0. The predicted molar refractivity (Wildman–Crippen MR) is 69.2 cm³/mol. The number of nitrogens with two attached hydrogens (primary N) is 1. The molecule has 2 rings (SSSR count). The van der Waals surface area contributed by atoms with Crippen LogP contribution in [-0.4, -0.2) is 41.6 Å². The highest BCUT2D eigenvalue weighted by Crippen LogP contribution is 2.15. The topological polar surface area (TPSA) is 68.5 Å². The van der Waals surface area contributed by atoms with Gasteiger partial charge in [0.2, 0.25) is 0 Å². The molecule has 0 saturated carbocycles. The number of ether oxygens (including phenoxy) is 1. The van der Waals surface area contributed by atoms with Gasteiger partial charge in [0, 0.05) is 19.7 Å². The van der Waals surface area contributed by atoms with Crippen molar-refractivity contribution >= 4 is 11.6 Å². The highest BCUT2D eigenvalue weighted by atomic mass is 16.5. The van der Waals surface area contributed by atoms with Gasteiger partial charge in [-0.2, -0.15) is 0 Å². The summed E-state index contributed by atoms with van der Waals surface area (Å²) in [7, 11) is 0. The molecule has 0 atom stereocenters. The third kappa shape index (κ3) is 2.98. The molecule has 18 heavy (non-hydrogen) atoms. The molecule has 2 N–H and O–H groups in total. The second-order valence-electron chi connectivity index (χ2n) is 4.42. The second kappa shape index (κ2) is 5.82. The normalized spacial score (nSPS) is 16.8. The maximum atomic E-state index is 12.2. The number of amides is 1. The average molecular weight is 249 g/mol. The minimum atomic E-state index is -0.0232. The molecule has 0 aromatic carbocycles. The molecule has 1 aliphatic rings. The van der Waals surface area contributed by atoms with E-state index in [1.54, 1.807) is 12.1 Å². The van der Waals surface area contributed by atoms with Crippen LogP contribution in [0.4, 0.5) is 5.69 Å². The van der Waals surface area contributed by atoms with Crippen LogP contribution in [0.25, 0.3) is 0 Å². The quantitative estimate of drug-likeness (QED) is 0.876. The highest BCUT2D eigenvalue weighted by molar-refractivity contribution is 5.92. The molecule has 1 fully saturated rings. The summed E-state index contributed by atoms with van der Waals surface area (Å²) in [4.78, 5) is 18.0. The Morgan fingerprint density at radius 2 is 2.22 bits per heavy atom. The van der Waals surface area contributed by atoms with Crippen LogP contribution in [0.3, 0.4) is 0 Å². The van der Waals surface area contributed by atoms with Crippen molar-refractivity contribution in [1.82, 2.24) is 9.88 Å². The summed E-state index contributed by atoms with van der Waals surface area (Å²) in [5, 5.41) is 0. The van der Waals surface area contributed by atoms with Crippen molar-refractivity contribution in [2.75, 3.05) is 25.4 Å². The van der Waals surface area contributed by atoms with Crippen molar-refractivity contribution < 1.29 is 9.53 Å². The van der Waals surface area contributed by atoms with E-state index >= 15 is 0 Å². The molecule has 0 radical (unpaired) electrons. The summed E-state index contributed by atoms with van der Waals surface area (Å²) in [5.74, 6) is -0.0232. The van der Waals surface area contributed by atoms with Gasteiger partial charge in [0.05, 0.1) is 18.0 Å². The Balaban J connectivity index is 1.93. The van der Waals surface area contributed by atoms with Gasteiger partial charge >= 0.3 is 0 Å².